The summed E-state index contributed by atoms with van der Waals surface area (Å²) < 4.78 is 11.8. The Kier molecular flexibility index (Phi) is 16.4. The van der Waals surface area contributed by atoms with Gasteiger partial charge in [0.2, 0.25) is 17.7 Å². The zero-order valence-electron chi connectivity index (χ0n) is 37.7. The number of aliphatic hydroxyl groups is 2. The lowest BCUT2D eigenvalue weighted by Crippen LogP contribution is -2.56. The van der Waals surface area contributed by atoms with Crippen molar-refractivity contribution in [1.82, 2.24) is 30.8 Å². The van der Waals surface area contributed by atoms with Gasteiger partial charge in [-0.2, -0.15) is 0 Å². The second kappa shape index (κ2) is 21.5. The number of fused-ring (bicyclic) bond motifs is 5. The third-order valence-corrected chi connectivity index (χ3v) is 11.0. The molecule has 6 atom stereocenters. The number of carbonyl (C=O) groups is 5. The van der Waals surface area contributed by atoms with E-state index in [1.807, 2.05) is 24.3 Å². The van der Waals surface area contributed by atoms with Crippen molar-refractivity contribution < 1.29 is 53.9 Å². The quantitative estimate of drug-likeness (QED) is 0.0772. The number of hydrogen-bond acceptors (Lipinski definition) is 15. The maximum Gasteiger partial charge on any atom is 0.326 e. The molecule has 0 fully saturated rings. The molecule has 0 saturated heterocycles. The van der Waals surface area contributed by atoms with Gasteiger partial charge in [-0.25, -0.2) is 14.8 Å². The SMILES string of the molecule is Cc1nc(-c2ccc(C(C)(C)C)cc2)ncc1C(=O)N[C@@H](CN)C(=O)N(C)C1C(=O)N[C@@H](C)C(=O)NC(C(=O)O)Cc2ccc(OC[C@H](O)CN)c(c2)-c2cc1cc(OC[C@H](O)CN)c2O. The summed E-state index contributed by atoms with van der Waals surface area (Å²) in [5.74, 6) is -5.13. The summed E-state index contributed by atoms with van der Waals surface area (Å²) in [6.07, 6.45) is -1.20. The minimum atomic E-state index is -1.67. The van der Waals surface area contributed by atoms with Crippen molar-refractivity contribution in [3.8, 4) is 39.8 Å². The molecule has 0 aliphatic carbocycles. The summed E-state index contributed by atoms with van der Waals surface area (Å²) in [7, 11) is 1.26. The lowest BCUT2D eigenvalue weighted by Gasteiger charge is -2.32. The summed E-state index contributed by atoms with van der Waals surface area (Å²) in [4.78, 5) is 78.7. The molecular formula is C46H59N9O11. The first-order valence-corrected chi connectivity index (χ1v) is 21.2. The molecule has 13 N–H and O–H groups in total. The van der Waals surface area contributed by atoms with Crippen LogP contribution in [0.2, 0.25) is 0 Å². The highest BCUT2D eigenvalue weighted by molar-refractivity contribution is 6.00. The second-order valence-electron chi connectivity index (χ2n) is 17.1. The highest BCUT2D eigenvalue weighted by Crippen LogP contribution is 2.45. The molecule has 1 aliphatic rings. The molecule has 66 heavy (non-hydrogen) atoms. The normalized spacial score (nSPS) is 17.8. The number of aliphatic hydroxyl groups excluding tert-OH is 2. The molecule has 20 nitrogen and oxygen atoms in total. The van der Waals surface area contributed by atoms with E-state index in [1.54, 1.807) is 6.92 Å². The van der Waals surface area contributed by atoms with Gasteiger partial charge in [0.1, 0.15) is 55.3 Å². The van der Waals surface area contributed by atoms with Crippen LogP contribution in [-0.2, 0) is 31.0 Å². The number of benzene rings is 3. The van der Waals surface area contributed by atoms with Crippen LogP contribution >= 0.6 is 0 Å². The number of aliphatic carboxylic acids is 1. The largest absolute Gasteiger partial charge is 0.504 e. The number of phenolic OH excluding ortho intramolecular Hbond substituents is 1. The first-order chi connectivity index (χ1) is 31.2. The standard InChI is InChI=1S/C46H59N9O11/c1-23-33(20-50-40(51-23)26-8-10-28(11-9-26)46(3,4)5)42(60)54-35(19-49)44(62)55(6)38-27-15-32(39(58)37(16-27)66-22-30(57)18-48)31-13-25(7-12-36(31)65-21-29(56)17-47)14-34(45(63)64)53-41(59)24(2)52-43(38)61/h7-13,15-16,20,24,29-30,34-35,38,56-58H,14,17-19,21-22,47-49H2,1-6H3,(H,52,61)(H,53,59)(H,54,60)(H,63,64)/t24-,29+,30+,34?,35-,38?/m0/s1. The Morgan fingerprint density at radius 3 is 2.11 bits per heavy atom. The second-order valence-corrected chi connectivity index (χ2v) is 17.1. The van der Waals surface area contributed by atoms with Crippen molar-refractivity contribution in [3.63, 3.8) is 0 Å². The number of rotatable bonds is 15. The number of carboxylic acid groups (broad SMARTS) is 1. The molecule has 1 aromatic heterocycles. The van der Waals surface area contributed by atoms with Crippen LogP contribution in [0.5, 0.6) is 17.2 Å². The number of ether oxygens (including phenoxy) is 2. The van der Waals surface area contributed by atoms with Crippen LogP contribution in [0.25, 0.3) is 22.5 Å². The van der Waals surface area contributed by atoms with Crippen LogP contribution in [0.1, 0.15) is 66.5 Å². The van der Waals surface area contributed by atoms with Crippen molar-refractivity contribution in [3.05, 3.63) is 88.7 Å². The molecule has 0 saturated carbocycles. The Labute approximate surface area is 381 Å². The fraction of sp³-hybridized carbons (Fsp3) is 0.413. The van der Waals surface area contributed by atoms with Gasteiger partial charge in [-0.1, -0.05) is 51.1 Å². The summed E-state index contributed by atoms with van der Waals surface area (Å²) in [5, 5.41) is 50.2. The minimum absolute atomic E-state index is 0.00252. The fourth-order valence-corrected chi connectivity index (χ4v) is 7.07. The van der Waals surface area contributed by atoms with Gasteiger partial charge in [-0.15, -0.1) is 0 Å². The molecular weight excluding hydrogens is 855 g/mol. The predicted molar refractivity (Wildman–Crippen MR) is 242 cm³/mol. The molecule has 4 aromatic rings. The van der Waals surface area contributed by atoms with Crippen molar-refractivity contribution in [2.24, 2.45) is 17.2 Å². The van der Waals surface area contributed by atoms with Gasteiger partial charge in [0.25, 0.3) is 5.91 Å². The van der Waals surface area contributed by atoms with Crippen molar-refractivity contribution in [2.45, 2.75) is 82.8 Å². The Hall–Kier alpha value is -6.71. The summed E-state index contributed by atoms with van der Waals surface area (Å²) >= 11 is 0. The molecule has 20 heteroatoms. The van der Waals surface area contributed by atoms with Crippen LogP contribution in [0, 0.1) is 6.92 Å². The average Bonchev–Trinajstić information content (AvgIpc) is 3.28. The molecule has 5 rings (SSSR count). The lowest BCUT2D eigenvalue weighted by molar-refractivity contribution is -0.143. The lowest BCUT2D eigenvalue weighted by atomic mass is 9.87. The number of hydrogen-bond donors (Lipinski definition) is 10. The van der Waals surface area contributed by atoms with Gasteiger partial charge in [0, 0.05) is 56.0 Å². The molecule has 2 heterocycles. The Bertz CT molecular complexity index is 2430. The topological polar surface area (TPSA) is 328 Å². The molecule has 354 valence electrons. The molecule has 4 amide bonds. The van der Waals surface area contributed by atoms with Crippen molar-refractivity contribution in [1.29, 1.82) is 0 Å². The number of nitrogens with one attached hydrogen (secondary N) is 3. The van der Waals surface area contributed by atoms with Crippen LogP contribution in [0.3, 0.4) is 0 Å². The third-order valence-electron chi connectivity index (χ3n) is 11.0. The first kappa shape index (κ1) is 50.3. The maximum atomic E-state index is 14.5. The highest BCUT2D eigenvalue weighted by atomic mass is 16.5. The average molecular weight is 914 g/mol. The van der Waals surface area contributed by atoms with E-state index in [1.165, 1.54) is 50.5 Å². The van der Waals surface area contributed by atoms with Crippen LogP contribution < -0.4 is 42.6 Å². The summed E-state index contributed by atoms with van der Waals surface area (Å²) in [6, 6.07) is 8.90. The van der Waals surface area contributed by atoms with Gasteiger partial charge >= 0.3 is 5.97 Å². The van der Waals surface area contributed by atoms with Gasteiger partial charge in [-0.05, 0) is 60.2 Å². The zero-order valence-corrected chi connectivity index (χ0v) is 37.7. The van der Waals surface area contributed by atoms with E-state index in [0.717, 1.165) is 16.0 Å². The highest BCUT2D eigenvalue weighted by Gasteiger charge is 2.37. The first-order valence-electron chi connectivity index (χ1n) is 21.2. The zero-order chi connectivity index (χ0) is 48.6. The molecule has 4 bridgehead atoms. The van der Waals surface area contributed by atoms with Gasteiger partial charge < -0.3 is 68.0 Å². The maximum absolute atomic E-state index is 14.5. The smallest absolute Gasteiger partial charge is 0.326 e. The van der Waals surface area contributed by atoms with E-state index in [9.17, 15) is 44.4 Å². The molecule has 0 spiro atoms. The number of carbonyl (C=O) groups excluding carboxylic acids is 4. The van der Waals surface area contributed by atoms with Crippen molar-refractivity contribution in [2.75, 3.05) is 39.9 Å². The number of nitrogens with zero attached hydrogens (tertiary/aromatic N) is 3. The number of aromatic hydroxyl groups is 1. The Morgan fingerprint density at radius 1 is 0.894 bits per heavy atom. The molecule has 3 aromatic carbocycles. The summed E-state index contributed by atoms with van der Waals surface area (Å²) in [5.41, 5.74) is 19.9. The number of aromatic nitrogens is 2. The predicted octanol–water partition coefficient (Wildman–Crippen LogP) is 0.406. The monoisotopic (exact) mass is 913 g/mol. The molecule has 2 unspecified atom stereocenters. The molecule has 1 aliphatic heterocycles. The van der Waals surface area contributed by atoms with Crippen LogP contribution in [0.15, 0.2) is 60.8 Å². The van der Waals surface area contributed by atoms with E-state index >= 15 is 0 Å². The van der Waals surface area contributed by atoms with Crippen molar-refractivity contribution >= 4 is 29.6 Å². The van der Waals surface area contributed by atoms with E-state index in [2.05, 4.69) is 46.7 Å². The van der Waals surface area contributed by atoms with E-state index in [0.29, 0.717) is 17.1 Å². The van der Waals surface area contributed by atoms with E-state index in [-0.39, 0.29) is 65.3 Å². The fourth-order valence-electron chi connectivity index (χ4n) is 7.07. The summed E-state index contributed by atoms with van der Waals surface area (Å²) in [6.45, 7) is 7.72. The van der Waals surface area contributed by atoms with E-state index < -0.39 is 84.9 Å². The van der Waals surface area contributed by atoms with Gasteiger partial charge in [0.05, 0.1) is 11.3 Å². The van der Waals surface area contributed by atoms with Gasteiger partial charge in [-0.3, -0.25) is 19.2 Å². The number of amides is 4. The number of phenols is 1. The third kappa shape index (κ3) is 11.9. The van der Waals surface area contributed by atoms with Gasteiger partial charge in [0.15, 0.2) is 17.3 Å². The van der Waals surface area contributed by atoms with E-state index in [4.69, 9.17) is 26.7 Å². The minimum Gasteiger partial charge on any atom is -0.504 e. The van der Waals surface area contributed by atoms with Crippen LogP contribution in [0.4, 0.5) is 0 Å². The number of likely N-dealkylation sites (N-methyl/N-ethyl adjacent to an activating group) is 1. The molecule has 0 radical (unpaired) electrons. The number of aryl methyl sites for hydroxylation is 1. The Balaban J connectivity index is 1.59. The Morgan fingerprint density at radius 2 is 1.53 bits per heavy atom. The number of carboxylic acids is 1. The number of nitrogens with two attached hydrogens (primary N) is 3. The van der Waals surface area contributed by atoms with Crippen LogP contribution in [-0.4, -0.2) is 135 Å².